The molecule has 1 aliphatic heterocycles. The van der Waals surface area contributed by atoms with E-state index >= 15 is 0 Å². The fourth-order valence-corrected chi connectivity index (χ4v) is 3.72. The van der Waals surface area contributed by atoms with E-state index in [-0.39, 0.29) is 0 Å². The van der Waals surface area contributed by atoms with Gasteiger partial charge in [0.2, 0.25) is 0 Å². The van der Waals surface area contributed by atoms with Crippen LogP contribution in [0.2, 0.25) is 0 Å². The van der Waals surface area contributed by atoms with E-state index < -0.39 is 5.66 Å². The van der Waals surface area contributed by atoms with Crippen LogP contribution in [0.5, 0.6) is 0 Å². The highest BCUT2D eigenvalue weighted by atomic mass is 79.9. The molecule has 1 aliphatic rings. The molecule has 1 atom stereocenters. The summed E-state index contributed by atoms with van der Waals surface area (Å²) in [6, 6.07) is 28.9. The molecular weight excluding hydrogens is 384 g/mol. The van der Waals surface area contributed by atoms with Crippen LogP contribution in [0.15, 0.2) is 100 Å². The van der Waals surface area contributed by atoms with Crippen molar-refractivity contribution in [1.82, 2.24) is 5.32 Å². The number of benzene rings is 3. The predicted octanol–water partition coefficient (Wildman–Crippen LogP) is 5.76. The fourth-order valence-electron chi connectivity index (χ4n) is 3.22. The van der Waals surface area contributed by atoms with Crippen LogP contribution in [0.4, 0.5) is 0 Å². The third kappa shape index (κ3) is 3.23. The van der Waals surface area contributed by atoms with Gasteiger partial charge in [0.05, 0.1) is 5.71 Å². The van der Waals surface area contributed by atoms with Gasteiger partial charge in [-0.05, 0) is 30.2 Å². The maximum atomic E-state index is 5.07. The number of hydrogen-bond donors (Lipinski definition) is 1. The summed E-state index contributed by atoms with van der Waals surface area (Å²) in [5, 5.41) is 3.65. The molecule has 0 saturated carbocycles. The average Bonchev–Trinajstić information content (AvgIpc) is 2.69. The molecule has 0 saturated heterocycles. The largest absolute Gasteiger partial charge is 0.357 e. The Morgan fingerprint density at radius 1 is 0.808 bits per heavy atom. The molecule has 0 aromatic heterocycles. The zero-order chi connectivity index (χ0) is 18.0. The van der Waals surface area contributed by atoms with Crippen LogP contribution in [-0.4, -0.2) is 5.71 Å². The molecule has 0 fully saturated rings. The third-order valence-electron chi connectivity index (χ3n) is 4.57. The van der Waals surface area contributed by atoms with E-state index in [1.165, 1.54) is 0 Å². The minimum Gasteiger partial charge on any atom is -0.357 e. The lowest BCUT2D eigenvalue weighted by Crippen LogP contribution is -2.40. The van der Waals surface area contributed by atoms with E-state index in [9.17, 15) is 0 Å². The first-order valence-electron chi connectivity index (χ1n) is 8.61. The molecule has 0 bridgehead atoms. The maximum Gasteiger partial charge on any atom is 0.153 e. The van der Waals surface area contributed by atoms with Crippen LogP contribution in [0.3, 0.4) is 0 Å². The van der Waals surface area contributed by atoms with Gasteiger partial charge in [-0.3, -0.25) is 4.99 Å². The predicted molar refractivity (Wildman–Crippen MR) is 112 cm³/mol. The highest BCUT2D eigenvalue weighted by Gasteiger charge is 2.31. The monoisotopic (exact) mass is 402 g/mol. The zero-order valence-corrected chi connectivity index (χ0v) is 16.1. The highest BCUT2D eigenvalue weighted by Crippen LogP contribution is 2.33. The van der Waals surface area contributed by atoms with Crippen LogP contribution in [0, 0.1) is 0 Å². The molecule has 4 rings (SSSR count). The Morgan fingerprint density at radius 2 is 1.42 bits per heavy atom. The van der Waals surface area contributed by atoms with Gasteiger partial charge in [-0.1, -0.05) is 94.8 Å². The van der Waals surface area contributed by atoms with E-state index in [1.807, 2.05) is 30.3 Å². The summed E-state index contributed by atoms with van der Waals surface area (Å²) >= 11 is 3.68. The summed E-state index contributed by atoms with van der Waals surface area (Å²) in [6.07, 6.45) is 2.13. The second kappa shape index (κ2) is 6.93. The Labute approximate surface area is 162 Å². The molecule has 1 unspecified atom stereocenters. The SMILES string of the molecule is CC1(c2ccccc2)N=C(c2ccccc2)C=C(c2ccccc2Br)N1. The zero-order valence-electron chi connectivity index (χ0n) is 14.5. The van der Waals surface area contributed by atoms with Crippen molar-refractivity contribution in [3.63, 3.8) is 0 Å². The maximum absolute atomic E-state index is 5.07. The number of nitrogens with one attached hydrogen (secondary N) is 1. The van der Waals surface area contributed by atoms with Gasteiger partial charge in [0.25, 0.3) is 0 Å². The van der Waals surface area contributed by atoms with Crippen LogP contribution in [0.25, 0.3) is 5.70 Å². The smallest absolute Gasteiger partial charge is 0.153 e. The Hall–Kier alpha value is -2.65. The van der Waals surface area contributed by atoms with Gasteiger partial charge < -0.3 is 5.32 Å². The van der Waals surface area contributed by atoms with Crippen molar-refractivity contribution in [2.24, 2.45) is 4.99 Å². The molecule has 0 radical (unpaired) electrons. The average molecular weight is 403 g/mol. The Bertz CT molecular complexity index is 977. The van der Waals surface area contributed by atoms with E-state index in [2.05, 4.69) is 88.8 Å². The summed E-state index contributed by atoms with van der Waals surface area (Å²) in [5.74, 6) is 0. The normalized spacial score (nSPS) is 19.3. The Kier molecular flexibility index (Phi) is 4.48. The van der Waals surface area contributed by atoms with E-state index in [4.69, 9.17) is 4.99 Å². The van der Waals surface area contributed by atoms with Crippen molar-refractivity contribution in [1.29, 1.82) is 0 Å². The van der Waals surface area contributed by atoms with Crippen LogP contribution in [0.1, 0.15) is 23.6 Å². The molecule has 3 heteroatoms. The molecule has 3 aromatic carbocycles. The lowest BCUT2D eigenvalue weighted by Gasteiger charge is -2.34. The summed E-state index contributed by atoms with van der Waals surface area (Å²) < 4.78 is 1.06. The first-order valence-corrected chi connectivity index (χ1v) is 9.41. The quantitative estimate of drug-likeness (QED) is 0.591. The minimum atomic E-state index is -0.536. The van der Waals surface area contributed by atoms with Gasteiger partial charge in [0, 0.05) is 15.7 Å². The molecule has 2 nitrogen and oxygen atoms in total. The van der Waals surface area contributed by atoms with Crippen molar-refractivity contribution in [2.45, 2.75) is 12.6 Å². The lowest BCUT2D eigenvalue weighted by atomic mass is 9.95. The highest BCUT2D eigenvalue weighted by molar-refractivity contribution is 9.10. The van der Waals surface area contributed by atoms with Crippen molar-refractivity contribution in [3.8, 4) is 0 Å². The van der Waals surface area contributed by atoms with Crippen LogP contribution < -0.4 is 5.32 Å². The van der Waals surface area contributed by atoms with Crippen LogP contribution >= 0.6 is 15.9 Å². The van der Waals surface area contributed by atoms with Gasteiger partial charge in [0.1, 0.15) is 0 Å². The van der Waals surface area contributed by atoms with Crippen molar-refractivity contribution in [3.05, 3.63) is 112 Å². The molecule has 0 amide bonds. The fraction of sp³-hybridized carbons (Fsp3) is 0.0870. The summed E-state index contributed by atoms with van der Waals surface area (Å²) in [6.45, 7) is 2.12. The first-order chi connectivity index (χ1) is 12.7. The first kappa shape index (κ1) is 16.8. The number of aliphatic imine (C=N–C) groups is 1. The molecule has 26 heavy (non-hydrogen) atoms. The molecule has 1 N–H and O–H groups in total. The standard InChI is InChI=1S/C23H19BrN2/c1-23(18-12-6-3-7-13-18)25-21(17-10-4-2-5-11-17)16-22(26-23)19-14-8-9-15-20(19)24/h2-16,26H,1H3. The van der Waals surface area contributed by atoms with Gasteiger partial charge in [-0.25, -0.2) is 0 Å². The summed E-state index contributed by atoms with van der Waals surface area (Å²) in [7, 11) is 0. The number of allylic oxidation sites excluding steroid dienone is 1. The third-order valence-corrected chi connectivity index (χ3v) is 5.26. The van der Waals surface area contributed by atoms with Crippen molar-refractivity contribution >= 4 is 27.3 Å². The Balaban J connectivity index is 1.88. The molecule has 0 aliphatic carbocycles. The van der Waals surface area contributed by atoms with Crippen molar-refractivity contribution < 1.29 is 0 Å². The second-order valence-corrected chi connectivity index (χ2v) is 7.32. The lowest BCUT2D eigenvalue weighted by molar-refractivity contribution is 0.447. The summed E-state index contributed by atoms with van der Waals surface area (Å²) in [4.78, 5) is 5.07. The molecule has 3 aromatic rings. The summed E-state index contributed by atoms with van der Waals surface area (Å²) in [5.41, 5.74) is 4.86. The van der Waals surface area contributed by atoms with Gasteiger partial charge in [-0.15, -0.1) is 0 Å². The van der Waals surface area contributed by atoms with Gasteiger partial charge in [0.15, 0.2) is 5.66 Å². The van der Waals surface area contributed by atoms with Crippen molar-refractivity contribution in [2.75, 3.05) is 0 Å². The van der Waals surface area contributed by atoms with Crippen LogP contribution in [-0.2, 0) is 5.66 Å². The number of hydrogen-bond acceptors (Lipinski definition) is 2. The molecule has 0 spiro atoms. The molecular formula is C23H19BrN2. The van der Waals surface area contributed by atoms with Gasteiger partial charge >= 0.3 is 0 Å². The number of nitrogens with zero attached hydrogens (tertiary/aromatic N) is 1. The number of halogens is 1. The topological polar surface area (TPSA) is 24.4 Å². The van der Waals surface area contributed by atoms with E-state index in [0.717, 1.165) is 32.6 Å². The second-order valence-electron chi connectivity index (χ2n) is 6.46. The van der Waals surface area contributed by atoms with E-state index in [0.29, 0.717) is 0 Å². The number of rotatable bonds is 3. The van der Waals surface area contributed by atoms with E-state index in [1.54, 1.807) is 0 Å². The Morgan fingerprint density at radius 3 is 2.12 bits per heavy atom. The minimum absolute atomic E-state index is 0.536. The molecule has 128 valence electrons. The van der Waals surface area contributed by atoms with Gasteiger partial charge in [-0.2, -0.15) is 0 Å². The molecule has 1 heterocycles.